The highest BCUT2D eigenvalue weighted by Crippen LogP contribution is 2.14. The first kappa shape index (κ1) is 16.4. The predicted octanol–water partition coefficient (Wildman–Crippen LogP) is 0.374. The average Bonchev–Trinajstić information content (AvgIpc) is 2.27. The number of aliphatic carboxylic acids is 1. The molecule has 112 valence electrons. The van der Waals surface area contributed by atoms with Crippen molar-refractivity contribution in [2.45, 2.75) is 44.6 Å². The molecule has 1 saturated heterocycles. The van der Waals surface area contributed by atoms with Crippen molar-refractivity contribution in [3.05, 3.63) is 0 Å². The van der Waals surface area contributed by atoms with E-state index in [1.54, 1.807) is 0 Å². The Bertz CT molecular complexity index is 406. The van der Waals surface area contributed by atoms with Crippen LogP contribution in [0, 0.1) is 0 Å². The van der Waals surface area contributed by atoms with E-state index in [9.17, 15) is 13.2 Å². The first-order valence-corrected chi connectivity index (χ1v) is 8.23. The number of rotatable bonds is 6. The second kappa shape index (κ2) is 6.67. The number of hydrogen-bond acceptors (Lipinski definition) is 5. The van der Waals surface area contributed by atoms with Gasteiger partial charge in [-0.15, -0.1) is 0 Å². The fourth-order valence-electron chi connectivity index (χ4n) is 2.11. The minimum atomic E-state index is -3.44. The number of sulfone groups is 1. The minimum Gasteiger partial charge on any atom is -0.481 e. The van der Waals surface area contributed by atoms with Crippen molar-refractivity contribution in [1.82, 2.24) is 4.90 Å². The van der Waals surface area contributed by atoms with Crippen molar-refractivity contribution in [2.24, 2.45) is 0 Å². The molecule has 1 rings (SSSR count). The summed E-state index contributed by atoms with van der Waals surface area (Å²) in [7, 11) is -3.44. The zero-order valence-corrected chi connectivity index (χ0v) is 12.5. The van der Waals surface area contributed by atoms with Crippen molar-refractivity contribution in [2.75, 3.05) is 25.4 Å². The summed E-state index contributed by atoms with van der Waals surface area (Å²) in [6.45, 7) is 7.46. The van der Waals surface area contributed by atoms with E-state index in [4.69, 9.17) is 9.84 Å². The van der Waals surface area contributed by atoms with Crippen molar-refractivity contribution in [3.8, 4) is 0 Å². The van der Waals surface area contributed by atoms with Crippen LogP contribution >= 0.6 is 0 Å². The SMILES string of the molecule is CC(C)N1CCOC(CS(=O)(=O)C(C)CC(=O)O)C1. The van der Waals surface area contributed by atoms with Crippen LogP contribution in [-0.4, -0.2) is 67.2 Å². The van der Waals surface area contributed by atoms with Crippen LogP contribution < -0.4 is 0 Å². The zero-order valence-electron chi connectivity index (χ0n) is 11.7. The maximum Gasteiger partial charge on any atom is 0.304 e. The predicted molar refractivity (Wildman–Crippen MR) is 72.0 cm³/mol. The topological polar surface area (TPSA) is 83.9 Å². The molecular weight excluding hydrogens is 270 g/mol. The molecule has 6 nitrogen and oxygen atoms in total. The third kappa shape index (κ3) is 5.08. The Morgan fingerprint density at radius 1 is 1.42 bits per heavy atom. The van der Waals surface area contributed by atoms with Crippen molar-refractivity contribution >= 4 is 15.8 Å². The lowest BCUT2D eigenvalue weighted by atomic mass is 10.2. The molecule has 1 N–H and O–H groups in total. The molecule has 0 bridgehead atoms. The molecule has 0 spiro atoms. The van der Waals surface area contributed by atoms with Crippen LogP contribution in [0.1, 0.15) is 27.2 Å². The number of morpholine rings is 1. The molecule has 1 aliphatic heterocycles. The Kier molecular flexibility index (Phi) is 5.76. The molecule has 1 fully saturated rings. The maximum absolute atomic E-state index is 12.0. The van der Waals surface area contributed by atoms with Crippen LogP contribution in [0.2, 0.25) is 0 Å². The number of carboxylic acids is 1. The zero-order chi connectivity index (χ0) is 14.6. The van der Waals surface area contributed by atoms with Gasteiger partial charge in [0.1, 0.15) is 0 Å². The number of ether oxygens (including phenoxy) is 1. The largest absolute Gasteiger partial charge is 0.481 e. The lowest BCUT2D eigenvalue weighted by molar-refractivity contribution is -0.136. The minimum absolute atomic E-state index is 0.106. The van der Waals surface area contributed by atoms with Gasteiger partial charge in [-0.25, -0.2) is 8.42 Å². The number of carboxylic acid groups (broad SMARTS) is 1. The molecule has 2 unspecified atom stereocenters. The molecule has 0 aliphatic carbocycles. The molecule has 7 heteroatoms. The van der Waals surface area contributed by atoms with Gasteiger partial charge in [0.2, 0.25) is 0 Å². The van der Waals surface area contributed by atoms with Gasteiger partial charge in [-0.1, -0.05) is 0 Å². The van der Waals surface area contributed by atoms with Gasteiger partial charge in [0.05, 0.1) is 30.1 Å². The Morgan fingerprint density at radius 3 is 2.58 bits per heavy atom. The fraction of sp³-hybridized carbons (Fsp3) is 0.917. The number of carbonyl (C=O) groups is 1. The highest BCUT2D eigenvalue weighted by atomic mass is 32.2. The van der Waals surface area contributed by atoms with Gasteiger partial charge in [-0.2, -0.15) is 0 Å². The van der Waals surface area contributed by atoms with E-state index in [1.165, 1.54) is 6.92 Å². The molecule has 0 radical (unpaired) electrons. The van der Waals surface area contributed by atoms with Gasteiger partial charge >= 0.3 is 5.97 Å². The van der Waals surface area contributed by atoms with E-state index >= 15 is 0 Å². The van der Waals surface area contributed by atoms with Gasteiger partial charge in [-0.05, 0) is 20.8 Å². The summed E-state index contributed by atoms with van der Waals surface area (Å²) in [5, 5.41) is 7.79. The Labute approximate surface area is 114 Å². The molecule has 0 saturated carbocycles. The summed E-state index contributed by atoms with van der Waals surface area (Å²) in [5.41, 5.74) is 0. The Balaban J connectivity index is 2.60. The first-order chi connectivity index (χ1) is 8.72. The Hall–Kier alpha value is -0.660. The quantitative estimate of drug-likeness (QED) is 0.762. The molecule has 2 atom stereocenters. The van der Waals surface area contributed by atoms with Crippen molar-refractivity contribution in [3.63, 3.8) is 0 Å². The molecule has 0 aromatic rings. The molecule has 1 heterocycles. The molecule has 0 aromatic carbocycles. The summed E-state index contributed by atoms with van der Waals surface area (Å²) in [6, 6.07) is 0.352. The van der Waals surface area contributed by atoms with Crippen molar-refractivity contribution < 1.29 is 23.1 Å². The molecule has 0 amide bonds. The summed E-state index contributed by atoms with van der Waals surface area (Å²) < 4.78 is 29.6. The highest BCUT2D eigenvalue weighted by molar-refractivity contribution is 7.92. The van der Waals surface area contributed by atoms with E-state index < -0.39 is 21.1 Å². The van der Waals surface area contributed by atoms with Crippen LogP contribution in [-0.2, 0) is 19.4 Å². The van der Waals surface area contributed by atoms with Crippen LogP contribution in [0.3, 0.4) is 0 Å². The second-order valence-corrected chi connectivity index (χ2v) is 7.78. The maximum atomic E-state index is 12.0. The van der Waals surface area contributed by atoms with E-state index in [1.807, 2.05) is 0 Å². The van der Waals surface area contributed by atoms with E-state index in [-0.39, 0.29) is 18.3 Å². The van der Waals surface area contributed by atoms with Crippen LogP contribution in [0.4, 0.5) is 0 Å². The van der Waals surface area contributed by atoms with Gasteiger partial charge in [0.25, 0.3) is 0 Å². The molecule has 1 aliphatic rings. The number of hydrogen-bond donors (Lipinski definition) is 1. The van der Waals surface area contributed by atoms with Gasteiger partial charge in [0, 0.05) is 19.1 Å². The third-order valence-electron chi connectivity index (χ3n) is 3.39. The fourth-order valence-corrected chi connectivity index (χ4v) is 3.55. The first-order valence-electron chi connectivity index (χ1n) is 6.51. The van der Waals surface area contributed by atoms with Crippen LogP contribution in [0.25, 0.3) is 0 Å². The monoisotopic (exact) mass is 293 g/mol. The van der Waals surface area contributed by atoms with Gasteiger partial charge in [0.15, 0.2) is 9.84 Å². The molecular formula is C12H23NO5S. The van der Waals surface area contributed by atoms with E-state index in [0.29, 0.717) is 19.2 Å². The van der Waals surface area contributed by atoms with Crippen LogP contribution in [0.15, 0.2) is 0 Å². The van der Waals surface area contributed by atoms with E-state index in [2.05, 4.69) is 18.7 Å². The Morgan fingerprint density at radius 2 is 2.05 bits per heavy atom. The van der Waals surface area contributed by atoms with Crippen LogP contribution in [0.5, 0.6) is 0 Å². The summed E-state index contributed by atoms with van der Waals surface area (Å²) in [5.74, 6) is -1.20. The van der Waals surface area contributed by atoms with Gasteiger partial charge < -0.3 is 9.84 Å². The number of nitrogens with zero attached hydrogens (tertiary/aromatic N) is 1. The molecule has 0 aromatic heterocycles. The normalized spacial score (nSPS) is 23.5. The summed E-state index contributed by atoms with van der Waals surface area (Å²) in [6.07, 6.45) is -0.722. The second-order valence-electron chi connectivity index (χ2n) is 5.32. The molecule has 19 heavy (non-hydrogen) atoms. The average molecular weight is 293 g/mol. The third-order valence-corrected chi connectivity index (χ3v) is 5.62. The lowest BCUT2D eigenvalue weighted by Gasteiger charge is -2.35. The summed E-state index contributed by atoms with van der Waals surface area (Å²) >= 11 is 0. The highest BCUT2D eigenvalue weighted by Gasteiger charge is 2.30. The van der Waals surface area contributed by atoms with Crippen molar-refractivity contribution in [1.29, 1.82) is 0 Å². The lowest BCUT2D eigenvalue weighted by Crippen LogP contribution is -2.48. The standard InChI is InChI=1S/C12H23NO5S/c1-9(2)13-4-5-18-11(7-13)8-19(16,17)10(3)6-12(14)15/h9-11H,4-8H2,1-3H3,(H,14,15). The summed E-state index contributed by atoms with van der Waals surface area (Å²) in [4.78, 5) is 12.8. The van der Waals surface area contributed by atoms with Gasteiger partial charge in [-0.3, -0.25) is 9.69 Å². The smallest absolute Gasteiger partial charge is 0.304 e. The van der Waals surface area contributed by atoms with E-state index in [0.717, 1.165) is 6.54 Å².